The average molecular weight is 320 g/mol. The summed E-state index contributed by atoms with van der Waals surface area (Å²) in [5.41, 5.74) is 5.72. The molecule has 0 fully saturated rings. The largest absolute Gasteiger partial charge is 0.461 e. The number of furan rings is 1. The lowest BCUT2D eigenvalue weighted by atomic mass is 10.3. The first-order valence-electron chi connectivity index (χ1n) is 6.20. The molecule has 0 aromatic carbocycles. The number of rotatable bonds is 5. The zero-order valence-corrected chi connectivity index (χ0v) is 11.9. The Morgan fingerprint density at radius 3 is 2.91 bits per heavy atom. The molecule has 3 N–H and O–H groups in total. The van der Waals surface area contributed by atoms with Gasteiger partial charge in [-0.1, -0.05) is 16.8 Å². The predicted molar refractivity (Wildman–Crippen MR) is 77.1 cm³/mol. The second-order valence-electron chi connectivity index (χ2n) is 4.24. The molecule has 0 bridgehead atoms. The highest BCUT2D eigenvalue weighted by atomic mass is 35.5. The number of pyridine rings is 1. The molecule has 0 unspecified atom stereocenters. The van der Waals surface area contributed by atoms with Crippen molar-refractivity contribution in [2.45, 2.75) is 6.54 Å². The maximum absolute atomic E-state index is 11.3. The number of primary amides is 1. The van der Waals surface area contributed by atoms with E-state index in [1.807, 2.05) is 0 Å². The van der Waals surface area contributed by atoms with Gasteiger partial charge in [0.2, 0.25) is 11.7 Å². The van der Waals surface area contributed by atoms with E-state index in [0.717, 1.165) is 0 Å². The van der Waals surface area contributed by atoms with Gasteiger partial charge in [0.25, 0.3) is 5.91 Å². The van der Waals surface area contributed by atoms with Crippen LogP contribution < -0.4 is 11.1 Å². The van der Waals surface area contributed by atoms with Crippen molar-refractivity contribution in [1.82, 2.24) is 15.1 Å². The van der Waals surface area contributed by atoms with Crippen molar-refractivity contribution in [3.8, 4) is 11.6 Å². The Kier molecular flexibility index (Phi) is 3.75. The third-order valence-corrected chi connectivity index (χ3v) is 2.94. The molecule has 22 heavy (non-hydrogen) atoms. The fourth-order valence-corrected chi connectivity index (χ4v) is 1.92. The van der Waals surface area contributed by atoms with Gasteiger partial charge in [0, 0.05) is 0 Å². The summed E-state index contributed by atoms with van der Waals surface area (Å²) in [6, 6.07) is 6.58. The van der Waals surface area contributed by atoms with Crippen LogP contribution >= 0.6 is 11.6 Å². The average Bonchev–Trinajstić information content (AvgIpc) is 3.16. The zero-order valence-electron chi connectivity index (χ0n) is 11.1. The Hall–Kier alpha value is -2.87. The topological polar surface area (TPSA) is 120 Å². The molecule has 9 heteroatoms. The molecule has 1 amide bonds. The van der Waals surface area contributed by atoms with Gasteiger partial charge in [0.1, 0.15) is 5.15 Å². The molecule has 0 saturated carbocycles. The van der Waals surface area contributed by atoms with Gasteiger partial charge in [-0.3, -0.25) is 4.79 Å². The maximum Gasteiger partial charge on any atom is 0.269 e. The lowest BCUT2D eigenvalue weighted by molar-refractivity contribution is 0.0996. The van der Waals surface area contributed by atoms with Crippen molar-refractivity contribution in [3.63, 3.8) is 0 Å². The van der Waals surface area contributed by atoms with E-state index in [1.54, 1.807) is 24.3 Å². The SMILES string of the molecule is NC(=O)c1nc(Cl)ccc1NCc1nc(-c2ccco2)no1. The zero-order chi connectivity index (χ0) is 15.5. The predicted octanol–water partition coefficient (Wildman–Crippen LogP) is 2.09. The molecular formula is C13H10ClN5O3. The van der Waals surface area contributed by atoms with Crippen LogP contribution in [0.3, 0.4) is 0 Å². The molecule has 0 saturated heterocycles. The summed E-state index contributed by atoms with van der Waals surface area (Å²) in [6.07, 6.45) is 1.52. The van der Waals surface area contributed by atoms with Crippen LogP contribution in [-0.4, -0.2) is 21.0 Å². The number of hydrogen-bond donors (Lipinski definition) is 2. The van der Waals surface area contributed by atoms with Gasteiger partial charge in [-0.15, -0.1) is 0 Å². The summed E-state index contributed by atoms with van der Waals surface area (Å²) >= 11 is 5.74. The van der Waals surface area contributed by atoms with Gasteiger partial charge in [-0.25, -0.2) is 4.98 Å². The van der Waals surface area contributed by atoms with E-state index in [4.69, 9.17) is 26.3 Å². The number of hydrogen-bond acceptors (Lipinski definition) is 7. The minimum absolute atomic E-state index is 0.0401. The summed E-state index contributed by atoms with van der Waals surface area (Å²) in [7, 11) is 0. The standard InChI is InChI=1S/C13H10ClN5O3/c14-9-4-3-7(11(17-9)12(15)20)16-6-10-18-13(19-22-10)8-2-1-5-21-8/h1-5,16H,6H2,(H2,15,20). The van der Waals surface area contributed by atoms with E-state index >= 15 is 0 Å². The smallest absolute Gasteiger partial charge is 0.269 e. The second-order valence-corrected chi connectivity index (χ2v) is 4.62. The molecule has 3 heterocycles. The molecule has 0 radical (unpaired) electrons. The fourth-order valence-electron chi connectivity index (χ4n) is 1.77. The van der Waals surface area contributed by atoms with E-state index in [2.05, 4.69) is 20.4 Å². The van der Waals surface area contributed by atoms with E-state index < -0.39 is 5.91 Å². The van der Waals surface area contributed by atoms with Crippen LogP contribution in [0.25, 0.3) is 11.6 Å². The number of carbonyl (C=O) groups excluding carboxylic acids is 1. The molecule has 0 aliphatic carbocycles. The van der Waals surface area contributed by atoms with Gasteiger partial charge in [-0.05, 0) is 24.3 Å². The lowest BCUT2D eigenvalue weighted by Crippen LogP contribution is -2.16. The van der Waals surface area contributed by atoms with Gasteiger partial charge in [-0.2, -0.15) is 4.98 Å². The van der Waals surface area contributed by atoms with Crippen LogP contribution in [0.4, 0.5) is 5.69 Å². The van der Waals surface area contributed by atoms with Crippen molar-refractivity contribution in [1.29, 1.82) is 0 Å². The highest BCUT2D eigenvalue weighted by Crippen LogP contribution is 2.19. The van der Waals surface area contributed by atoms with Gasteiger partial charge >= 0.3 is 0 Å². The highest BCUT2D eigenvalue weighted by Gasteiger charge is 2.14. The molecule has 0 aliphatic heterocycles. The highest BCUT2D eigenvalue weighted by molar-refractivity contribution is 6.29. The van der Waals surface area contributed by atoms with Crippen LogP contribution in [0.2, 0.25) is 5.15 Å². The van der Waals surface area contributed by atoms with Crippen molar-refractivity contribution >= 4 is 23.2 Å². The Labute approximate surface area is 129 Å². The third kappa shape index (κ3) is 2.91. The number of nitrogens with two attached hydrogens (primary N) is 1. The van der Waals surface area contributed by atoms with E-state index in [-0.39, 0.29) is 17.4 Å². The molecule has 8 nitrogen and oxygen atoms in total. The van der Waals surface area contributed by atoms with Crippen LogP contribution in [0.1, 0.15) is 16.4 Å². The maximum atomic E-state index is 11.3. The molecule has 0 spiro atoms. The van der Waals surface area contributed by atoms with Gasteiger partial charge in [0.05, 0.1) is 18.5 Å². The number of anilines is 1. The van der Waals surface area contributed by atoms with Crippen LogP contribution in [0.15, 0.2) is 39.5 Å². The molecule has 112 valence electrons. The van der Waals surface area contributed by atoms with Gasteiger partial charge < -0.3 is 20.0 Å². The van der Waals surface area contributed by atoms with E-state index in [1.165, 1.54) is 6.26 Å². The van der Waals surface area contributed by atoms with Crippen LogP contribution in [0.5, 0.6) is 0 Å². The molecule has 3 aromatic heterocycles. The minimum atomic E-state index is -0.688. The summed E-state index contributed by atoms with van der Waals surface area (Å²) in [4.78, 5) is 19.4. The number of amides is 1. The Morgan fingerprint density at radius 2 is 2.18 bits per heavy atom. The first-order chi connectivity index (χ1) is 10.6. The van der Waals surface area contributed by atoms with Crippen molar-refractivity contribution in [2.24, 2.45) is 5.73 Å². The summed E-state index contributed by atoms with van der Waals surface area (Å²) in [6.45, 7) is 0.192. The fraction of sp³-hybridized carbons (Fsp3) is 0.0769. The third-order valence-electron chi connectivity index (χ3n) is 2.73. The Morgan fingerprint density at radius 1 is 1.32 bits per heavy atom. The molecule has 3 aromatic rings. The minimum Gasteiger partial charge on any atom is -0.461 e. The quantitative estimate of drug-likeness (QED) is 0.691. The number of nitrogens with one attached hydrogen (secondary N) is 1. The monoisotopic (exact) mass is 319 g/mol. The first kappa shape index (κ1) is 14.1. The Balaban J connectivity index is 1.74. The van der Waals surface area contributed by atoms with E-state index in [0.29, 0.717) is 23.2 Å². The number of halogens is 1. The lowest BCUT2D eigenvalue weighted by Gasteiger charge is -2.07. The van der Waals surface area contributed by atoms with Crippen molar-refractivity contribution < 1.29 is 13.7 Å². The Bertz CT molecular complexity index is 800. The molecule has 0 atom stereocenters. The van der Waals surface area contributed by atoms with E-state index in [9.17, 15) is 4.79 Å². The van der Waals surface area contributed by atoms with Crippen molar-refractivity contribution in [3.05, 3.63) is 47.3 Å². The second kappa shape index (κ2) is 5.86. The van der Waals surface area contributed by atoms with Crippen LogP contribution in [0, 0.1) is 0 Å². The first-order valence-corrected chi connectivity index (χ1v) is 6.58. The number of nitrogens with zero attached hydrogens (tertiary/aromatic N) is 3. The summed E-state index contributed by atoms with van der Waals surface area (Å²) < 4.78 is 10.3. The number of aromatic nitrogens is 3. The summed E-state index contributed by atoms with van der Waals surface area (Å²) in [5, 5.41) is 6.92. The van der Waals surface area contributed by atoms with Gasteiger partial charge in [0.15, 0.2) is 11.5 Å². The van der Waals surface area contributed by atoms with Crippen LogP contribution in [-0.2, 0) is 6.54 Å². The normalized spacial score (nSPS) is 10.6. The molecule has 3 rings (SSSR count). The molecular weight excluding hydrogens is 310 g/mol. The summed E-state index contributed by atoms with van der Waals surface area (Å²) in [5.74, 6) is 0.468. The number of carbonyl (C=O) groups is 1. The molecule has 0 aliphatic rings. The van der Waals surface area contributed by atoms with Crippen molar-refractivity contribution in [2.75, 3.05) is 5.32 Å².